The summed E-state index contributed by atoms with van der Waals surface area (Å²) < 4.78 is 36.3. The molecular weight excluding hydrogens is 514 g/mol. The van der Waals surface area contributed by atoms with Crippen molar-refractivity contribution in [3.05, 3.63) is 59.2 Å². The van der Waals surface area contributed by atoms with Gasteiger partial charge in [0.25, 0.3) is 5.91 Å². The van der Waals surface area contributed by atoms with Gasteiger partial charge in [-0.2, -0.15) is 0 Å². The molecule has 1 saturated heterocycles. The number of unbranched alkanes of at least 4 members (excludes halogenated alkanes) is 1. The minimum absolute atomic E-state index is 0.00410. The summed E-state index contributed by atoms with van der Waals surface area (Å²) in [7, 11) is -4.05. The highest BCUT2D eigenvalue weighted by Crippen LogP contribution is 2.36. The lowest BCUT2D eigenvalue weighted by atomic mass is 9.98. The van der Waals surface area contributed by atoms with Gasteiger partial charge in [-0.25, -0.2) is 13.9 Å². The van der Waals surface area contributed by atoms with E-state index in [0.29, 0.717) is 43.3 Å². The number of amides is 1. The fourth-order valence-electron chi connectivity index (χ4n) is 4.21. The van der Waals surface area contributed by atoms with E-state index in [1.807, 2.05) is 0 Å². The molecule has 2 aromatic carbocycles. The van der Waals surface area contributed by atoms with Gasteiger partial charge in [0.1, 0.15) is 12.0 Å². The van der Waals surface area contributed by atoms with Crippen molar-refractivity contribution in [3.8, 4) is 5.75 Å². The van der Waals surface area contributed by atoms with E-state index in [-0.39, 0.29) is 60.9 Å². The molecule has 1 aliphatic rings. The van der Waals surface area contributed by atoms with E-state index >= 15 is 0 Å². The molecule has 204 valence electrons. The van der Waals surface area contributed by atoms with E-state index in [1.165, 1.54) is 42.5 Å². The van der Waals surface area contributed by atoms with Crippen molar-refractivity contribution < 1.29 is 41.9 Å². The second-order valence-electron chi connectivity index (χ2n) is 8.76. The number of carbonyl (C=O) groups excluding carboxylic acids is 4. The summed E-state index contributed by atoms with van der Waals surface area (Å²) in [5.41, 5.74) is 3.04. The Morgan fingerprint density at radius 1 is 1.03 bits per heavy atom. The van der Waals surface area contributed by atoms with Crippen LogP contribution in [0.25, 0.3) is 0 Å². The van der Waals surface area contributed by atoms with Crippen molar-refractivity contribution in [2.75, 3.05) is 26.4 Å². The molecule has 1 heterocycles. The monoisotopic (exact) mass is 545 g/mol. The lowest BCUT2D eigenvalue weighted by Crippen LogP contribution is -2.55. The predicted octanol–water partition coefficient (Wildman–Crippen LogP) is 3.13. The Bertz CT molecular complexity index is 1250. The standard InChI is InChI=1S/C27H31NO9S/c1-2-37-28-26(32)27(12-15-35-16-13-27)38(33,34)23-9-7-22(8-10-23)36-14-4-3-5-25(31)24-11-6-20(18-29)17-21(24)19-30/h6-11,17-19H,2-5,12-16H2,1H3,(H,28,32). The molecule has 2 aromatic rings. The smallest absolute Gasteiger partial charge is 0.265 e. The molecule has 0 atom stereocenters. The number of hydroxylamine groups is 1. The first-order valence-corrected chi connectivity index (χ1v) is 13.8. The molecular formula is C27H31NO9S. The topological polar surface area (TPSA) is 142 Å². The first-order valence-electron chi connectivity index (χ1n) is 12.3. The number of aldehydes is 2. The lowest BCUT2D eigenvalue weighted by Gasteiger charge is -2.34. The molecule has 1 N–H and O–H groups in total. The van der Waals surface area contributed by atoms with Crippen LogP contribution in [0, 0.1) is 0 Å². The summed E-state index contributed by atoms with van der Waals surface area (Å²) in [6.45, 7) is 2.46. The number of hydrogen-bond donors (Lipinski definition) is 1. The van der Waals surface area contributed by atoms with Crippen LogP contribution in [0.2, 0.25) is 0 Å². The van der Waals surface area contributed by atoms with Crippen molar-refractivity contribution in [2.24, 2.45) is 0 Å². The molecule has 0 spiro atoms. The maximum atomic E-state index is 13.5. The second-order valence-corrected chi connectivity index (χ2v) is 11.0. The Morgan fingerprint density at radius 3 is 2.37 bits per heavy atom. The SMILES string of the molecule is CCONC(=O)C1(S(=O)(=O)c2ccc(OCCCCC(=O)c3ccc(C=O)cc3C=O)cc2)CCOCC1. The highest BCUT2D eigenvalue weighted by atomic mass is 32.2. The highest BCUT2D eigenvalue weighted by Gasteiger charge is 2.52. The Hall–Kier alpha value is -3.41. The molecule has 0 bridgehead atoms. The van der Waals surface area contributed by atoms with Gasteiger partial charge in [-0.05, 0) is 69.0 Å². The Balaban J connectivity index is 1.56. The summed E-state index contributed by atoms with van der Waals surface area (Å²) >= 11 is 0. The number of benzene rings is 2. The van der Waals surface area contributed by atoms with E-state index in [0.717, 1.165) is 0 Å². The molecule has 0 unspecified atom stereocenters. The van der Waals surface area contributed by atoms with E-state index < -0.39 is 20.5 Å². The van der Waals surface area contributed by atoms with E-state index in [9.17, 15) is 27.6 Å². The Kier molecular flexibility index (Phi) is 10.3. The van der Waals surface area contributed by atoms with Crippen LogP contribution in [0.15, 0.2) is 47.4 Å². The van der Waals surface area contributed by atoms with Gasteiger partial charge in [-0.1, -0.05) is 6.07 Å². The summed E-state index contributed by atoms with van der Waals surface area (Å²) in [4.78, 5) is 52.4. The molecule has 38 heavy (non-hydrogen) atoms. The zero-order chi connectivity index (χ0) is 27.6. The molecule has 1 aliphatic heterocycles. The summed E-state index contributed by atoms with van der Waals surface area (Å²) in [5, 5.41) is 0. The number of hydrogen-bond acceptors (Lipinski definition) is 9. The van der Waals surface area contributed by atoms with E-state index in [1.54, 1.807) is 6.92 Å². The number of ether oxygens (including phenoxy) is 2. The maximum absolute atomic E-state index is 13.5. The van der Waals surface area contributed by atoms with E-state index in [4.69, 9.17) is 14.3 Å². The molecule has 0 saturated carbocycles. The maximum Gasteiger partial charge on any atom is 0.265 e. The third kappa shape index (κ3) is 6.53. The molecule has 0 aliphatic carbocycles. The van der Waals surface area contributed by atoms with Crippen LogP contribution in [-0.4, -0.2) is 63.9 Å². The highest BCUT2D eigenvalue weighted by molar-refractivity contribution is 7.93. The van der Waals surface area contributed by atoms with Crippen LogP contribution < -0.4 is 10.2 Å². The number of rotatable bonds is 14. The van der Waals surface area contributed by atoms with Crippen LogP contribution in [0.1, 0.15) is 70.1 Å². The van der Waals surface area contributed by atoms with Gasteiger partial charge >= 0.3 is 0 Å². The first kappa shape index (κ1) is 29.2. The van der Waals surface area contributed by atoms with Gasteiger partial charge in [0.05, 0.1) is 18.1 Å². The summed E-state index contributed by atoms with van der Waals surface area (Å²) in [6.07, 6.45) is 2.47. The first-order chi connectivity index (χ1) is 18.3. The molecule has 11 heteroatoms. The Morgan fingerprint density at radius 2 is 1.74 bits per heavy atom. The number of Topliss-reactive ketones (excluding diaryl/α,β-unsaturated/α-hetero) is 1. The summed E-state index contributed by atoms with van der Waals surface area (Å²) in [5.74, 6) is -0.463. The van der Waals surface area contributed by atoms with Gasteiger partial charge in [-0.15, -0.1) is 0 Å². The number of sulfone groups is 1. The van der Waals surface area contributed by atoms with Crippen molar-refractivity contribution in [1.82, 2.24) is 5.48 Å². The van der Waals surface area contributed by atoms with Crippen LogP contribution in [0.3, 0.4) is 0 Å². The lowest BCUT2D eigenvalue weighted by molar-refractivity contribution is -0.138. The van der Waals surface area contributed by atoms with Crippen molar-refractivity contribution in [1.29, 1.82) is 0 Å². The molecule has 0 radical (unpaired) electrons. The minimum Gasteiger partial charge on any atom is -0.494 e. The fourth-order valence-corrected chi connectivity index (χ4v) is 6.14. The van der Waals surface area contributed by atoms with E-state index in [2.05, 4.69) is 5.48 Å². The zero-order valence-corrected chi connectivity index (χ0v) is 22.0. The van der Waals surface area contributed by atoms with Gasteiger partial charge in [-0.3, -0.25) is 24.0 Å². The van der Waals surface area contributed by atoms with Crippen molar-refractivity contribution >= 4 is 34.1 Å². The number of carbonyl (C=O) groups is 4. The minimum atomic E-state index is -4.05. The van der Waals surface area contributed by atoms with Gasteiger partial charge in [0.15, 0.2) is 26.7 Å². The predicted molar refractivity (Wildman–Crippen MR) is 137 cm³/mol. The fraction of sp³-hybridized carbons (Fsp3) is 0.407. The normalized spacial score (nSPS) is 14.9. The van der Waals surface area contributed by atoms with Gasteiger partial charge in [0, 0.05) is 36.3 Å². The largest absolute Gasteiger partial charge is 0.494 e. The third-order valence-electron chi connectivity index (χ3n) is 6.38. The van der Waals surface area contributed by atoms with Gasteiger partial charge in [0.2, 0.25) is 0 Å². The average molecular weight is 546 g/mol. The van der Waals surface area contributed by atoms with Crippen LogP contribution >= 0.6 is 0 Å². The zero-order valence-electron chi connectivity index (χ0n) is 21.1. The second kappa shape index (κ2) is 13.4. The van der Waals surface area contributed by atoms with Crippen molar-refractivity contribution in [3.63, 3.8) is 0 Å². The third-order valence-corrected chi connectivity index (χ3v) is 8.89. The van der Waals surface area contributed by atoms with Crippen LogP contribution in [0.4, 0.5) is 0 Å². The molecule has 1 fully saturated rings. The number of ketones is 1. The Labute approximate surface area is 221 Å². The molecule has 10 nitrogen and oxygen atoms in total. The average Bonchev–Trinajstić information content (AvgIpc) is 2.95. The quantitative estimate of drug-likeness (QED) is 0.164. The molecule has 0 aromatic heterocycles. The number of nitrogens with one attached hydrogen (secondary N) is 1. The van der Waals surface area contributed by atoms with Crippen LogP contribution in [0.5, 0.6) is 5.75 Å². The summed E-state index contributed by atoms with van der Waals surface area (Å²) in [6, 6.07) is 10.2. The van der Waals surface area contributed by atoms with Gasteiger partial charge < -0.3 is 9.47 Å². The molecule has 1 amide bonds. The van der Waals surface area contributed by atoms with Crippen LogP contribution in [-0.2, 0) is 24.2 Å². The molecule has 3 rings (SSSR count). The van der Waals surface area contributed by atoms with Crippen molar-refractivity contribution in [2.45, 2.75) is 48.7 Å².